The Labute approximate surface area is 117 Å². The van der Waals surface area contributed by atoms with Gasteiger partial charge in [0.05, 0.1) is 0 Å². The molecule has 0 spiro atoms. The Balaban J connectivity index is 0. The van der Waals surface area contributed by atoms with E-state index in [-0.39, 0.29) is 0 Å². The molecule has 2 nitrogen and oxygen atoms in total. The highest BCUT2D eigenvalue weighted by Crippen LogP contribution is 2.32. The number of fused-ring (bicyclic) bond motifs is 1. The Morgan fingerprint density at radius 1 is 0.833 bits per heavy atom. The SMILES string of the molecule is CC.CC.CC.CC1CC2C(CCN2C)CN1C. The summed E-state index contributed by atoms with van der Waals surface area (Å²) < 4.78 is 0. The molecule has 0 aromatic rings. The highest BCUT2D eigenvalue weighted by Gasteiger charge is 2.37. The Morgan fingerprint density at radius 2 is 1.33 bits per heavy atom. The second-order valence-electron chi connectivity index (χ2n) is 4.62. The van der Waals surface area contributed by atoms with Crippen LogP contribution < -0.4 is 0 Å². The van der Waals surface area contributed by atoms with Crippen molar-refractivity contribution in [2.45, 2.75) is 73.4 Å². The van der Waals surface area contributed by atoms with Gasteiger partial charge in [0, 0.05) is 18.6 Å². The molecule has 0 amide bonds. The number of rotatable bonds is 0. The molecule has 0 aromatic carbocycles. The lowest BCUT2D eigenvalue weighted by atomic mass is 9.89. The van der Waals surface area contributed by atoms with Gasteiger partial charge in [-0.05, 0) is 46.3 Å². The zero-order chi connectivity index (χ0) is 14.7. The van der Waals surface area contributed by atoms with Crippen LogP contribution in [0.3, 0.4) is 0 Å². The summed E-state index contributed by atoms with van der Waals surface area (Å²) in [6.45, 7) is 17.0. The predicted molar refractivity (Wildman–Crippen MR) is 85.3 cm³/mol. The molecular formula is C16H38N2. The zero-order valence-electron chi connectivity index (χ0n) is 14.5. The maximum Gasteiger partial charge on any atom is 0.0148 e. The fourth-order valence-corrected chi connectivity index (χ4v) is 2.75. The van der Waals surface area contributed by atoms with E-state index in [2.05, 4.69) is 30.8 Å². The summed E-state index contributed by atoms with van der Waals surface area (Å²) in [6, 6.07) is 1.67. The summed E-state index contributed by atoms with van der Waals surface area (Å²) in [5, 5.41) is 0. The molecule has 2 aliphatic rings. The monoisotopic (exact) mass is 258 g/mol. The minimum atomic E-state index is 0.784. The summed E-state index contributed by atoms with van der Waals surface area (Å²) in [5.74, 6) is 0.955. The van der Waals surface area contributed by atoms with Gasteiger partial charge in [-0.3, -0.25) is 0 Å². The third-order valence-electron chi connectivity index (χ3n) is 3.82. The molecule has 0 bridgehead atoms. The second kappa shape index (κ2) is 12.0. The van der Waals surface area contributed by atoms with Crippen LogP contribution in [0.1, 0.15) is 61.3 Å². The average molecular weight is 258 g/mol. The lowest BCUT2D eigenvalue weighted by Gasteiger charge is -2.39. The Bertz CT molecular complexity index is 170. The first-order chi connectivity index (χ1) is 8.68. The molecular weight excluding hydrogens is 220 g/mol. The molecule has 2 heterocycles. The minimum Gasteiger partial charge on any atom is -0.303 e. The van der Waals surface area contributed by atoms with Crippen LogP contribution in [0.5, 0.6) is 0 Å². The fourth-order valence-electron chi connectivity index (χ4n) is 2.75. The first-order valence-corrected chi connectivity index (χ1v) is 8.09. The van der Waals surface area contributed by atoms with Gasteiger partial charge in [-0.15, -0.1) is 0 Å². The van der Waals surface area contributed by atoms with E-state index in [9.17, 15) is 0 Å². The molecule has 2 aliphatic heterocycles. The van der Waals surface area contributed by atoms with E-state index in [1.54, 1.807) is 0 Å². The molecule has 0 radical (unpaired) electrons. The van der Waals surface area contributed by atoms with Crippen LogP contribution in [0, 0.1) is 5.92 Å². The molecule has 112 valence electrons. The van der Waals surface area contributed by atoms with Crippen LogP contribution >= 0.6 is 0 Å². The Hall–Kier alpha value is -0.0800. The summed E-state index contributed by atoms with van der Waals surface area (Å²) >= 11 is 0. The van der Waals surface area contributed by atoms with Gasteiger partial charge in [0.2, 0.25) is 0 Å². The van der Waals surface area contributed by atoms with Gasteiger partial charge in [0.1, 0.15) is 0 Å². The maximum atomic E-state index is 2.55. The van der Waals surface area contributed by atoms with Crippen molar-refractivity contribution in [2.75, 3.05) is 27.2 Å². The lowest BCUT2D eigenvalue weighted by molar-refractivity contribution is 0.0995. The van der Waals surface area contributed by atoms with Crippen molar-refractivity contribution in [3.63, 3.8) is 0 Å². The van der Waals surface area contributed by atoms with Crippen molar-refractivity contribution in [3.8, 4) is 0 Å². The van der Waals surface area contributed by atoms with E-state index < -0.39 is 0 Å². The molecule has 2 fully saturated rings. The Kier molecular flexibility index (Phi) is 13.5. The van der Waals surface area contributed by atoms with Crippen LogP contribution in [0.25, 0.3) is 0 Å². The van der Waals surface area contributed by atoms with Crippen molar-refractivity contribution >= 4 is 0 Å². The number of likely N-dealkylation sites (tertiary alicyclic amines) is 2. The molecule has 2 rings (SSSR count). The van der Waals surface area contributed by atoms with Crippen LogP contribution in [-0.2, 0) is 0 Å². The molecule has 0 aromatic heterocycles. The highest BCUT2D eigenvalue weighted by atomic mass is 15.2. The van der Waals surface area contributed by atoms with Gasteiger partial charge in [-0.25, -0.2) is 0 Å². The van der Waals surface area contributed by atoms with Crippen LogP contribution in [-0.4, -0.2) is 49.1 Å². The van der Waals surface area contributed by atoms with Crippen molar-refractivity contribution in [2.24, 2.45) is 5.92 Å². The van der Waals surface area contributed by atoms with E-state index in [1.807, 2.05) is 41.5 Å². The van der Waals surface area contributed by atoms with Gasteiger partial charge >= 0.3 is 0 Å². The smallest absolute Gasteiger partial charge is 0.0148 e. The summed E-state index contributed by atoms with van der Waals surface area (Å²) in [7, 11) is 4.54. The van der Waals surface area contributed by atoms with Gasteiger partial charge in [0.15, 0.2) is 0 Å². The molecule has 2 heteroatoms. The number of piperidine rings is 1. The number of nitrogens with zero attached hydrogens (tertiary/aromatic N) is 2. The van der Waals surface area contributed by atoms with E-state index in [0.29, 0.717) is 0 Å². The quantitative estimate of drug-likeness (QED) is 0.645. The summed E-state index contributed by atoms with van der Waals surface area (Å²) in [6.07, 6.45) is 2.79. The molecule has 3 unspecified atom stereocenters. The van der Waals surface area contributed by atoms with Gasteiger partial charge in [-0.1, -0.05) is 41.5 Å². The van der Waals surface area contributed by atoms with Crippen molar-refractivity contribution in [3.05, 3.63) is 0 Å². The Morgan fingerprint density at radius 3 is 1.83 bits per heavy atom. The lowest BCUT2D eigenvalue weighted by Crippen LogP contribution is -2.47. The molecule has 3 atom stereocenters. The van der Waals surface area contributed by atoms with Crippen LogP contribution in [0.2, 0.25) is 0 Å². The van der Waals surface area contributed by atoms with Crippen LogP contribution in [0.15, 0.2) is 0 Å². The van der Waals surface area contributed by atoms with E-state index in [1.165, 1.54) is 25.9 Å². The minimum absolute atomic E-state index is 0.784. The predicted octanol–water partition coefficient (Wildman–Crippen LogP) is 4.11. The van der Waals surface area contributed by atoms with E-state index in [0.717, 1.165) is 18.0 Å². The standard InChI is InChI=1S/C10H20N2.3C2H6/c1-8-6-10-9(7-12(8)3)4-5-11(10)2;3*1-2/h8-10H,4-7H2,1-3H3;3*1-2H3. The van der Waals surface area contributed by atoms with E-state index >= 15 is 0 Å². The highest BCUT2D eigenvalue weighted by molar-refractivity contribution is 4.93. The van der Waals surface area contributed by atoms with Crippen molar-refractivity contribution in [1.82, 2.24) is 9.80 Å². The topological polar surface area (TPSA) is 6.48 Å². The molecule has 0 aliphatic carbocycles. The van der Waals surface area contributed by atoms with Gasteiger partial charge < -0.3 is 9.80 Å². The van der Waals surface area contributed by atoms with Crippen molar-refractivity contribution < 1.29 is 0 Å². The normalized spacial score (nSPS) is 30.8. The summed E-state index contributed by atoms with van der Waals surface area (Å²) in [4.78, 5) is 5.06. The fraction of sp³-hybridized carbons (Fsp3) is 1.00. The second-order valence-corrected chi connectivity index (χ2v) is 4.62. The van der Waals surface area contributed by atoms with Crippen molar-refractivity contribution in [1.29, 1.82) is 0 Å². The third kappa shape index (κ3) is 5.71. The molecule has 18 heavy (non-hydrogen) atoms. The zero-order valence-corrected chi connectivity index (χ0v) is 14.5. The number of hydrogen-bond donors (Lipinski definition) is 0. The molecule has 0 saturated carbocycles. The van der Waals surface area contributed by atoms with E-state index in [4.69, 9.17) is 0 Å². The first-order valence-electron chi connectivity index (χ1n) is 8.09. The third-order valence-corrected chi connectivity index (χ3v) is 3.82. The first kappa shape index (κ1) is 20.2. The van der Waals surface area contributed by atoms with Crippen LogP contribution in [0.4, 0.5) is 0 Å². The largest absolute Gasteiger partial charge is 0.303 e. The van der Waals surface area contributed by atoms with Gasteiger partial charge in [-0.2, -0.15) is 0 Å². The maximum absolute atomic E-state index is 2.55. The molecule has 2 saturated heterocycles. The summed E-state index contributed by atoms with van der Waals surface area (Å²) in [5.41, 5.74) is 0. The molecule has 0 N–H and O–H groups in total. The van der Waals surface area contributed by atoms with Gasteiger partial charge in [0.25, 0.3) is 0 Å². The number of hydrogen-bond acceptors (Lipinski definition) is 2. The average Bonchev–Trinajstić information content (AvgIpc) is 2.79.